The Labute approximate surface area is 147 Å². The third-order valence-corrected chi connectivity index (χ3v) is 5.85. The van der Waals surface area contributed by atoms with E-state index in [2.05, 4.69) is 76.4 Å². The molecular weight excluding hydrogens is 314 g/mol. The van der Waals surface area contributed by atoms with Crippen molar-refractivity contribution in [1.29, 1.82) is 0 Å². The lowest BCUT2D eigenvalue weighted by Gasteiger charge is -2.30. The summed E-state index contributed by atoms with van der Waals surface area (Å²) in [6.45, 7) is 6.52. The van der Waals surface area contributed by atoms with Crippen LogP contribution in [0.5, 0.6) is 0 Å². The molecule has 0 unspecified atom stereocenters. The fourth-order valence-corrected chi connectivity index (χ4v) is 4.17. The van der Waals surface area contributed by atoms with Crippen LogP contribution in [0.25, 0.3) is 16.6 Å². The van der Waals surface area contributed by atoms with Gasteiger partial charge in [0.2, 0.25) is 0 Å². The smallest absolute Gasteiger partial charge is 0.0499 e. The van der Waals surface area contributed by atoms with Crippen molar-refractivity contribution in [3.8, 4) is 0 Å². The van der Waals surface area contributed by atoms with Crippen molar-refractivity contribution in [2.24, 2.45) is 0 Å². The molecule has 0 amide bonds. The number of hydrogen-bond acceptors (Lipinski definition) is 3. The first-order chi connectivity index (χ1) is 11.7. The van der Waals surface area contributed by atoms with Crippen LogP contribution in [0.1, 0.15) is 23.8 Å². The van der Waals surface area contributed by atoms with Crippen molar-refractivity contribution < 1.29 is 0 Å². The molecule has 24 heavy (non-hydrogen) atoms. The standard InChI is InChI=1S/C20H23N3S/c1-15(20-4-3-13-24-20)21-17-5-6-19-16(14-17)7-12-23(19)18-8-10-22(2)11-9-18/h3-7,12-14,18,21H,1,8-11H2,2H3. The van der Waals surface area contributed by atoms with E-state index < -0.39 is 0 Å². The van der Waals surface area contributed by atoms with Crippen molar-refractivity contribution in [2.45, 2.75) is 18.9 Å². The summed E-state index contributed by atoms with van der Waals surface area (Å²) in [7, 11) is 2.21. The predicted octanol–water partition coefficient (Wildman–Crippen LogP) is 5.05. The van der Waals surface area contributed by atoms with E-state index in [1.807, 2.05) is 0 Å². The number of anilines is 1. The summed E-state index contributed by atoms with van der Waals surface area (Å²) in [6.07, 6.45) is 4.71. The number of nitrogens with zero attached hydrogens (tertiary/aromatic N) is 2. The number of rotatable bonds is 4. The molecule has 0 aliphatic carbocycles. The molecule has 1 aliphatic heterocycles. The van der Waals surface area contributed by atoms with Crippen LogP contribution in [0.3, 0.4) is 0 Å². The van der Waals surface area contributed by atoms with Gasteiger partial charge in [-0.05, 0) is 68.7 Å². The zero-order valence-corrected chi connectivity index (χ0v) is 14.9. The second-order valence-corrected chi connectivity index (χ2v) is 7.56. The minimum atomic E-state index is 0.624. The van der Waals surface area contributed by atoms with E-state index in [-0.39, 0.29) is 0 Å². The lowest BCUT2D eigenvalue weighted by atomic mass is 10.1. The Morgan fingerprint density at radius 2 is 2.04 bits per heavy atom. The second-order valence-electron chi connectivity index (χ2n) is 6.61. The topological polar surface area (TPSA) is 20.2 Å². The van der Waals surface area contributed by atoms with Gasteiger partial charge in [-0.1, -0.05) is 12.6 Å². The van der Waals surface area contributed by atoms with E-state index in [1.54, 1.807) is 11.3 Å². The molecule has 3 nitrogen and oxygen atoms in total. The molecule has 0 saturated carbocycles. The SMILES string of the molecule is C=C(Nc1ccc2c(ccn2C2CCN(C)CC2)c1)c1cccs1. The van der Waals surface area contributed by atoms with Gasteiger partial charge in [0, 0.05) is 39.4 Å². The van der Waals surface area contributed by atoms with Crippen molar-refractivity contribution >= 4 is 33.6 Å². The van der Waals surface area contributed by atoms with Crippen LogP contribution < -0.4 is 5.32 Å². The monoisotopic (exact) mass is 337 g/mol. The maximum Gasteiger partial charge on any atom is 0.0499 e. The molecular formula is C20H23N3S. The number of hydrogen-bond donors (Lipinski definition) is 1. The molecule has 0 atom stereocenters. The molecule has 124 valence electrons. The Balaban J connectivity index is 1.55. The van der Waals surface area contributed by atoms with Gasteiger partial charge in [0.15, 0.2) is 0 Å². The number of fused-ring (bicyclic) bond motifs is 1. The first kappa shape index (κ1) is 15.5. The highest BCUT2D eigenvalue weighted by Crippen LogP contribution is 2.30. The van der Waals surface area contributed by atoms with Crippen LogP contribution in [0.2, 0.25) is 0 Å². The first-order valence-electron chi connectivity index (χ1n) is 8.49. The molecule has 1 aliphatic rings. The van der Waals surface area contributed by atoms with Gasteiger partial charge in [-0.2, -0.15) is 0 Å². The summed E-state index contributed by atoms with van der Waals surface area (Å²) in [4.78, 5) is 3.60. The van der Waals surface area contributed by atoms with Gasteiger partial charge in [0.05, 0.1) is 0 Å². The maximum atomic E-state index is 4.15. The van der Waals surface area contributed by atoms with Gasteiger partial charge in [0.1, 0.15) is 0 Å². The lowest BCUT2D eigenvalue weighted by molar-refractivity contribution is 0.224. The number of likely N-dealkylation sites (tertiary alicyclic amines) is 1. The van der Waals surface area contributed by atoms with Crippen molar-refractivity contribution in [2.75, 3.05) is 25.5 Å². The van der Waals surface area contributed by atoms with Gasteiger partial charge in [0.25, 0.3) is 0 Å². The minimum absolute atomic E-state index is 0.624. The van der Waals surface area contributed by atoms with E-state index in [1.165, 1.54) is 41.7 Å². The summed E-state index contributed by atoms with van der Waals surface area (Å²) in [5.74, 6) is 0. The number of thiophene rings is 1. The van der Waals surface area contributed by atoms with Crippen molar-refractivity contribution in [3.63, 3.8) is 0 Å². The number of piperidine rings is 1. The Hall–Kier alpha value is -2.04. The van der Waals surface area contributed by atoms with Crippen LogP contribution in [0, 0.1) is 0 Å². The molecule has 3 aromatic rings. The average Bonchev–Trinajstić information content (AvgIpc) is 3.25. The Morgan fingerprint density at radius 3 is 2.79 bits per heavy atom. The summed E-state index contributed by atoms with van der Waals surface area (Å²) < 4.78 is 2.46. The third-order valence-electron chi connectivity index (χ3n) is 4.92. The van der Waals surface area contributed by atoms with Gasteiger partial charge < -0.3 is 14.8 Å². The highest BCUT2D eigenvalue weighted by Gasteiger charge is 2.19. The molecule has 0 radical (unpaired) electrons. The van der Waals surface area contributed by atoms with E-state index in [0.717, 1.165) is 11.4 Å². The summed E-state index contributed by atoms with van der Waals surface area (Å²) in [5.41, 5.74) is 3.39. The van der Waals surface area contributed by atoms with Crippen LogP contribution in [0.4, 0.5) is 5.69 Å². The molecule has 1 fully saturated rings. The highest BCUT2D eigenvalue weighted by molar-refractivity contribution is 7.11. The maximum absolute atomic E-state index is 4.15. The van der Waals surface area contributed by atoms with E-state index in [0.29, 0.717) is 6.04 Å². The first-order valence-corrected chi connectivity index (χ1v) is 9.37. The zero-order chi connectivity index (χ0) is 16.5. The molecule has 1 saturated heterocycles. The average molecular weight is 337 g/mol. The Morgan fingerprint density at radius 1 is 1.21 bits per heavy atom. The largest absolute Gasteiger partial charge is 0.355 e. The van der Waals surface area contributed by atoms with E-state index in [4.69, 9.17) is 0 Å². The highest BCUT2D eigenvalue weighted by atomic mass is 32.1. The lowest BCUT2D eigenvalue weighted by Crippen LogP contribution is -2.31. The predicted molar refractivity (Wildman–Crippen MR) is 105 cm³/mol. The Kier molecular flexibility index (Phi) is 4.17. The number of benzene rings is 1. The second kappa shape index (κ2) is 6.46. The summed E-state index contributed by atoms with van der Waals surface area (Å²) in [5, 5.41) is 6.80. The zero-order valence-electron chi connectivity index (χ0n) is 14.0. The van der Waals surface area contributed by atoms with Crippen LogP contribution in [0.15, 0.2) is 54.6 Å². The molecule has 4 rings (SSSR count). The third kappa shape index (κ3) is 2.99. The van der Waals surface area contributed by atoms with Crippen LogP contribution >= 0.6 is 11.3 Å². The number of aromatic nitrogens is 1. The minimum Gasteiger partial charge on any atom is -0.355 e. The van der Waals surface area contributed by atoms with Crippen molar-refractivity contribution in [3.05, 3.63) is 59.4 Å². The molecule has 1 aromatic carbocycles. The number of nitrogens with one attached hydrogen (secondary N) is 1. The van der Waals surface area contributed by atoms with E-state index >= 15 is 0 Å². The van der Waals surface area contributed by atoms with Crippen molar-refractivity contribution in [1.82, 2.24) is 9.47 Å². The van der Waals surface area contributed by atoms with Gasteiger partial charge in [-0.25, -0.2) is 0 Å². The summed E-state index contributed by atoms with van der Waals surface area (Å²) >= 11 is 1.71. The van der Waals surface area contributed by atoms with Crippen LogP contribution in [-0.2, 0) is 0 Å². The molecule has 0 spiro atoms. The van der Waals surface area contributed by atoms with Gasteiger partial charge in [-0.15, -0.1) is 11.3 Å². The fraction of sp³-hybridized carbons (Fsp3) is 0.300. The molecule has 4 heteroatoms. The molecule has 3 heterocycles. The fourth-order valence-electron chi connectivity index (χ4n) is 3.52. The van der Waals surface area contributed by atoms with Gasteiger partial charge >= 0.3 is 0 Å². The van der Waals surface area contributed by atoms with Crippen LogP contribution in [-0.4, -0.2) is 29.6 Å². The normalized spacial score (nSPS) is 16.5. The molecule has 0 bridgehead atoms. The quantitative estimate of drug-likeness (QED) is 0.719. The molecule has 1 N–H and O–H groups in total. The van der Waals surface area contributed by atoms with E-state index in [9.17, 15) is 0 Å². The summed E-state index contributed by atoms with van der Waals surface area (Å²) in [6, 6.07) is 13.6. The Bertz CT molecular complexity index is 839. The molecule has 2 aromatic heterocycles. The van der Waals surface area contributed by atoms with Gasteiger partial charge in [-0.3, -0.25) is 0 Å².